The number of fused-ring (bicyclic) bond motifs is 1. The molecule has 1 saturated heterocycles. The third-order valence-corrected chi connectivity index (χ3v) is 5.14. The number of nitrogens with zero attached hydrogens (tertiary/aromatic N) is 6. The summed E-state index contributed by atoms with van der Waals surface area (Å²) in [4.78, 5) is 18.9. The van der Waals surface area contributed by atoms with Gasteiger partial charge < -0.3 is 4.90 Å². The second kappa shape index (κ2) is 6.40. The van der Waals surface area contributed by atoms with Gasteiger partial charge in [-0.3, -0.25) is 9.48 Å². The van der Waals surface area contributed by atoms with Gasteiger partial charge in [-0.15, -0.1) is 0 Å². The summed E-state index contributed by atoms with van der Waals surface area (Å²) in [5.74, 6) is 0.289. The Labute approximate surface area is 151 Å². The molecule has 0 aromatic carbocycles. The molecule has 0 spiro atoms. The molecule has 3 aromatic rings. The van der Waals surface area contributed by atoms with Gasteiger partial charge in [0.15, 0.2) is 0 Å². The van der Waals surface area contributed by atoms with E-state index in [1.807, 2.05) is 41.1 Å². The normalized spacial score (nSPS) is 20.5. The third kappa shape index (κ3) is 2.79. The Morgan fingerprint density at radius 3 is 2.88 bits per heavy atom. The Balaban J connectivity index is 1.71. The van der Waals surface area contributed by atoms with Crippen LogP contribution in [0.5, 0.6) is 0 Å². The maximum absolute atomic E-state index is 12.0. The third-order valence-electron chi connectivity index (χ3n) is 5.14. The molecule has 1 fully saturated rings. The lowest BCUT2D eigenvalue weighted by molar-refractivity contribution is -0.129. The van der Waals surface area contributed by atoms with Crippen molar-refractivity contribution in [2.75, 3.05) is 6.54 Å². The second-order valence-corrected chi connectivity index (χ2v) is 6.88. The summed E-state index contributed by atoms with van der Waals surface area (Å²) in [6.45, 7) is 6.41. The quantitative estimate of drug-likeness (QED) is 0.680. The van der Waals surface area contributed by atoms with Crippen molar-refractivity contribution in [1.29, 1.82) is 0 Å². The van der Waals surface area contributed by atoms with Crippen LogP contribution in [0.3, 0.4) is 0 Å². The first-order valence-electron chi connectivity index (χ1n) is 8.83. The van der Waals surface area contributed by atoms with Crippen molar-refractivity contribution in [2.45, 2.75) is 31.7 Å². The number of likely N-dealkylation sites (tertiary alicyclic amines) is 1. The van der Waals surface area contributed by atoms with Crippen LogP contribution in [0, 0.1) is 0 Å². The van der Waals surface area contributed by atoms with Crippen LogP contribution in [0.25, 0.3) is 16.8 Å². The van der Waals surface area contributed by atoms with Crippen molar-refractivity contribution >= 4 is 11.4 Å². The lowest BCUT2D eigenvalue weighted by atomic mass is 9.88. The molecule has 1 amide bonds. The fourth-order valence-corrected chi connectivity index (χ4v) is 3.81. The van der Waals surface area contributed by atoms with Gasteiger partial charge in [0.05, 0.1) is 35.5 Å². The fourth-order valence-electron chi connectivity index (χ4n) is 3.81. The smallest absolute Gasteiger partial charge is 0.246 e. The van der Waals surface area contributed by atoms with Crippen molar-refractivity contribution in [1.82, 2.24) is 29.3 Å². The predicted molar refractivity (Wildman–Crippen MR) is 98.5 cm³/mol. The number of aromatic nitrogens is 5. The largest absolute Gasteiger partial charge is 0.336 e. The molecule has 134 valence electrons. The zero-order chi connectivity index (χ0) is 18.3. The molecular formula is C19H22N6O. The van der Waals surface area contributed by atoms with E-state index in [-0.39, 0.29) is 17.9 Å². The average Bonchev–Trinajstić information content (AvgIpc) is 3.28. The first-order valence-corrected chi connectivity index (χ1v) is 8.83. The molecule has 7 nitrogen and oxygen atoms in total. The lowest BCUT2D eigenvalue weighted by Crippen LogP contribution is -2.43. The topological polar surface area (TPSA) is 68.3 Å². The SMILES string of the molecule is C=CC(=O)N1CCC(c2nc(-c3cnn(C)c3)cn3nccc23)CC1C. The summed E-state index contributed by atoms with van der Waals surface area (Å²) in [5, 5.41) is 8.66. The monoisotopic (exact) mass is 350 g/mol. The van der Waals surface area contributed by atoms with Gasteiger partial charge >= 0.3 is 0 Å². The zero-order valence-corrected chi connectivity index (χ0v) is 15.0. The highest BCUT2D eigenvalue weighted by Crippen LogP contribution is 2.34. The molecule has 1 aliphatic rings. The van der Waals surface area contributed by atoms with Crippen molar-refractivity contribution in [3.05, 3.63) is 49.2 Å². The maximum Gasteiger partial charge on any atom is 0.246 e. The molecule has 4 heterocycles. The minimum Gasteiger partial charge on any atom is -0.336 e. The van der Waals surface area contributed by atoms with Gasteiger partial charge in [-0.25, -0.2) is 9.50 Å². The Morgan fingerprint density at radius 2 is 2.19 bits per heavy atom. The fraction of sp³-hybridized carbons (Fsp3) is 0.368. The summed E-state index contributed by atoms with van der Waals surface area (Å²) < 4.78 is 3.65. The molecule has 3 aromatic heterocycles. The molecule has 0 bridgehead atoms. The van der Waals surface area contributed by atoms with Crippen LogP contribution in [0.4, 0.5) is 0 Å². The van der Waals surface area contributed by atoms with Crippen LogP contribution in [0.2, 0.25) is 0 Å². The highest BCUT2D eigenvalue weighted by Gasteiger charge is 2.30. The van der Waals surface area contributed by atoms with Crippen molar-refractivity contribution < 1.29 is 4.79 Å². The molecule has 26 heavy (non-hydrogen) atoms. The highest BCUT2D eigenvalue weighted by atomic mass is 16.2. The van der Waals surface area contributed by atoms with E-state index in [1.54, 1.807) is 10.9 Å². The van der Waals surface area contributed by atoms with Gasteiger partial charge in [0.2, 0.25) is 5.91 Å². The van der Waals surface area contributed by atoms with Gasteiger partial charge in [0.1, 0.15) is 0 Å². The number of piperidine rings is 1. The summed E-state index contributed by atoms with van der Waals surface area (Å²) in [5.41, 5.74) is 3.90. The molecule has 4 rings (SSSR count). The number of carbonyl (C=O) groups excluding carboxylic acids is 1. The molecule has 7 heteroatoms. The second-order valence-electron chi connectivity index (χ2n) is 6.88. The lowest BCUT2D eigenvalue weighted by Gasteiger charge is -2.37. The summed E-state index contributed by atoms with van der Waals surface area (Å²) >= 11 is 0. The summed E-state index contributed by atoms with van der Waals surface area (Å²) in [6, 6.07) is 2.16. The van der Waals surface area contributed by atoms with E-state index in [0.717, 1.165) is 41.9 Å². The standard InChI is InChI=1S/C19H22N6O/c1-4-18(26)24-8-6-14(9-13(24)2)19-17-5-7-20-25(17)12-16(22-19)15-10-21-23(3)11-15/h4-5,7,10-14H,1,6,8-9H2,2-3H3. The Kier molecular flexibility index (Phi) is 4.06. The number of rotatable bonds is 3. The van der Waals surface area contributed by atoms with E-state index in [2.05, 4.69) is 23.7 Å². The van der Waals surface area contributed by atoms with E-state index < -0.39 is 0 Å². The van der Waals surface area contributed by atoms with E-state index in [1.165, 1.54) is 6.08 Å². The predicted octanol–water partition coefficient (Wildman–Crippen LogP) is 2.41. The average molecular weight is 350 g/mol. The minimum absolute atomic E-state index is 0.00233. The van der Waals surface area contributed by atoms with Crippen molar-refractivity contribution in [2.24, 2.45) is 7.05 Å². The van der Waals surface area contributed by atoms with Gasteiger partial charge in [-0.2, -0.15) is 10.2 Å². The van der Waals surface area contributed by atoms with E-state index >= 15 is 0 Å². The number of hydrogen-bond donors (Lipinski definition) is 0. The number of hydrogen-bond acceptors (Lipinski definition) is 4. The van der Waals surface area contributed by atoms with Crippen LogP contribution in [0.1, 0.15) is 31.4 Å². The van der Waals surface area contributed by atoms with E-state index in [0.29, 0.717) is 0 Å². The highest BCUT2D eigenvalue weighted by molar-refractivity contribution is 5.87. The Hall–Kier alpha value is -2.96. The van der Waals surface area contributed by atoms with Crippen molar-refractivity contribution in [3.63, 3.8) is 0 Å². The van der Waals surface area contributed by atoms with E-state index in [9.17, 15) is 4.79 Å². The summed E-state index contributed by atoms with van der Waals surface area (Å²) in [6.07, 6.45) is 10.7. The molecule has 2 atom stereocenters. The minimum atomic E-state index is 0.00233. The number of aryl methyl sites for hydroxylation is 1. The first kappa shape index (κ1) is 16.5. The first-order chi connectivity index (χ1) is 12.6. The Bertz CT molecular complexity index is 971. The molecule has 0 N–H and O–H groups in total. The summed E-state index contributed by atoms with van der Waals surface area (Å²) in [7, 11) is 1.89. The van der Waals surface area contributed by atoms with Gasteiger partial charge in [-0.05, 0) is 31.9 Å². The molecule has 0 saturated carbocycles. The van der Waals surface area contributed by atoms with Crippen LogP contribution in [-0.4, -0.2) is 47.8 Å². The number of carbonyl (C=O) groups is 1. The number of amides is 1. The van der Waals surface area contributed by atoms with Gasteiger partial charge in [-0.1, -0.05) is 6.58 Å². The molecule has 0 radical (unpaired) electrons. The van der Waals surface area contributed by atoms with Crippen molar-refractivity contribution in [3.8, 4) is 11.3 Å². The van der Waals surface area contributed by atoms with Crippen LogP contribution >= 0.6 is 0 Å². The molecule has 2 unspecified atom stereocenters. The van der Waals surface area contributed by atoms with Crippen LogP contribution < -0.4 is 0 Å². The molecule has 1 aliphatic heterocycles. The van der Waals surface area contributed by atoms with Gasteiger partial charge in [0.25, 0.3) is 0 Å². The van der Waals surface area contributed by atoms with Crippen LogP contribution in [0.15, 0.2) is 43.5 Å². The van der Waals surface area contributed by atoms with Gasteiger partial charge in [0, 0.05) is 37.3 Å². The molecule has 0 aliphatic carbocycles. The van der Waals surface area contributed by atoms with Crippen LogP contribution in [-0.2, 0) is 11.8 Å². The molecular weight excluding hydrogens is 328 g/mol. The maximum atomic E-state index is 12.0. The van der Waals surface area contributed by atoms with E-state index in [4.69, 9.17) is 4.98 Å². The zero-order valence-electron chi connectivity index (χ0n) is 15.0. The Morgan fingerprint density at radius 1 is 1.35 bits per heavy atom.